The van der Waals surface area contributed by atoms with Gasteiger partial charge < -0.3 is 9.84 Å². The molecule has 17 heavy (non-hydrogen) atoms. The lowest BCUT2D eigenvalue weighted by molar-refractivity contribution is 0.180. The number of fused-ring (bicyclic) bond motifs is 1. The fraction of sp³-hybridized carbons (Fsp3) is 0.571. The van der Waals surface area contributed by atoms with Crippen molar-refractivity contribution in [2.24, 2.45) is 0 Å². The molecule has 0 fully saturated rings. The van der Waals surface area contributed by atoms with E-state index >= 15 is 0 Å². The summed E-state index contributed by atoms with van der Waals surface area (Å²) in [5, 5.41) is 9.70. The number of thioether (sulfide) groups is 1. The number of aliphatic hydroxyl groups excluding tert-OH is 1. The Labute approximate surface area is 107 Å². The minimum atomic E-state index is -0.264. The summed E-state index contributed by atoms with van der Waals surface area (Å²) in [6.07, 6.45) is 2.66. The van der Waals surface area contributed by atoms with E-state index in [9.17, 15) is 5.11 Å². The Hall–Kier alpha value is -0.670. The van der Waals surface area contributed by atoms with Crippen molar-refractivity contribution < 1.29 is 9.84 Å². The second-order valence-electron chi connectivity index (χ2n) is 4.31. The summed E-state index contributed by atoms with van der Waals surface area (Å²) in [7, 11) is 0. The van der Waals surface area contributed by atoms with Crippen molar-refractivity contribution in [2.75, 3.05) is 18.1 Å². The fourth-order valence-electron chi connectivity index (χ4n) is 2.16. The highest BCUT2D eigenvalue weighted by Crippen LogP contribution is 2.33. The van der Waals surface area contributed by atoms with Crippen LogP contribution in [0.5, 0.6) is 5.75 Å². The van der Waals surface area contributed by atoms with Crippen molar-refractivity contribution in [1.82, 2.24) is 0 Å². The molecule has 0 saturated carbocycles. The number of aryl methyl sites for hydroxylation is 1. The van der Waals surface area contributed by atoms with Crippen LogP contribution in [0.15, 0.2) is 18.2 Å². The number of aliphatic hydroxyl groups is 1. The van der Waals surface area contributed by atoms with E-state index in [-0.39, 0.29) is 6.10 Å². The molecule has 0 spiro atoms. The molecule has 0 aromatic heterocycles. The van der Waals surface area contributed by atoms with Gasteiger partial charge in [-0.1, -0.05) is 13.0 Å². The molecule has 1 N–H and O–H groups in total. The monoisotopic (exact) mass is 252 g/mol. The average Bonchev–Trinajstić information content (AvgIpc) is 2.71. The zero-order valence-electron chi connectivity index (χ0n) is 10.3. The zero-order chi connectivity index (χ0) is 12.1. The topological polar surface area (TPSA) is 29.5 Å². The Morgan fingerprint density at radius 3 is 3.18 bits per heavy atom. The van der Waals surface area contributed by atoms with Crippen molar-refractivity contribution in [3.05, 3.63) is 29.3 Å². The van der Waals surface area contributed by atoms with Gasteiger partial charge in [-0.25, -0.2) is 0 Å². The minimum absolute atomic E-state index is 0.264. The number of hydrogen-bond acceptors (Lipinski definition) is 3. The van der Waals surface area contributed by atoms with Gasteiger partial charge in [-0.05, 0) is 54.0 Å². The molecule has 1 aliphatic carbocycles. The third kappa shape index (κ3) is 3.39. The SMILES string of the molecule is CCSCCCOc1ccc2c(c1)CCC2O. The van der Waals surface area contributed by atoms with Gasteiger partial charge in [0.15, 0.2) is 0 Å². The maximum atomic E-state index is 9.70. The van der Waals surface area contributed by atoms with Gasteiger partial charge in [0.2, 0.25) is 0 Å². The van der Waals surface area contributed by atoms with Gasteiger partial charge >= 0.3 is 0 Å². The molecule has 2 rings (SSSR count). The van der Waals surface area contributed by atoms with Gasteiger partial charge in [-0.15, -0.1) is 0 Å². The highest BCUT2D eigenvalue weighted by atomic mass is 32.2. The van der Waals surface area contributed by atoms with Gasteiger partial charge in [-0.3, -0.25) is 0 Å². The molecule has 1 unspecified atom stereocenters. The molecular formula is C14H20O2S. The highest BCUT2D eigenvalue weighted by molar-refractivity contribution is 7.99. The zero-order valence-corrected chi connectivity index (χ0v) is 11.1. The Kier molecular flexibility index (Phi) is 4.75. The Morgan fingerprint density at radius 1 is 1.47 bits per heavy atom. The molecule has 0 bridgehead atoms. The quantitative estimate of drug-likeness (QED) is 0.788. The Bertz CT molecular complexity index is 365. The number of ether oxygens (including phenoxy) is 1. The van der Waals surface area contributed by atoms with Crippen LogP contribution in [0.25, 0.3) is 0 Å². The number of benzene rings is 1. The summed E-state index contributed by atoms with van der Waals surface area (Å²) < 4.78 is 5.72. The summed E-state index contributed by atoms with van der Waals surface area (Å²) in [6.45, 7) is 2.96. The standard InChI is InChI=1S/C14H20O2S/c1-2-17-9-3-8-16-12-5-6-13-11(10-12)4-7-14(13)15/h5-6,10,14-15H,2-4,7-9H2,1H3. The van der Waals surface area contributed by atoms with Crippen LogP contribution in [0, 0.1) is 0 Å². The molecule has 0 amide bonds. The first-order chi connectivity index (χ1) is 8.31. The molecule has 1 aliphatic rings. The minimum Gasteiger partial charge on any atom is -0.494 e. The molecule has 0 saturated heterocycles. The van der Waals surface area contributed by atoms with E-state index in [4.69, 9.17) is 4.74 Å². The van der Waals surface area contributed by atoms with Gasteiger partial charge in [0, 0.05) is 0 Å². The number of hydrogen-bond donors (Lipinski definition) is 1. The largest absolute Gasteiger partial charge is 0.494 e. The summed E-state index contributed by atoms with van der Waals surface area (Å²) in [5.41, 5.74) is 2.33. The fourth-order valence-corrected chi connectivity index (χ4v) is 2.77. The lowest BCUT2D eigenvalue weighted by Crippen LogP contribution is -1.99. The summed E-state index contributed by atoms with van der Waals surface area (Å²) >= 11 is 1.95. The average molecular weight is 252 g/mol. The van der Waals surface area contributed by atoms with E-state index in [1.807, 2.05) is 23.9 Å². The molecule has 1 atom stereocenters. The van der Waals surface area contributed by atoms with Crippen LogP contribution in [0.3, 0.4) is 0 Å². The van der Waals surface area contributed by atoms with Crippen molar-refractivity contribution in [1.29, 1.82) is 0 Å². The third-order valence-electron chi connectivity index (χ3n) is 3.07. The van der Waals surface area contributed by atoms with Crippen LogP contribution in [0.2, 0.25) is 0 Å². The lowest BCUT2D eigenvalue weighted by atomic mass is 10.1. The molecular weight excluding hydrogens is 232 g/mol. The lowest BCUT2D eigenvalue weighted by Gasteiger charge is -2.08. The summed E-state index contributed by atoms with van der Waals surface area (Å²) in [5.74, 6) is 3.29. The van der Waals surface area contributed by atoms with E-state index < -0.39 is 0 Å². The molecule has 0 aliphatic heterocycles. The first-order valence-corrected chi connectivity index (χ1v) is 7.48. The van der Waals surface area contributed by atoms with Gasteiger partial charge in [0.1, 0.15) is 5.75 Å². The van der Waals surface area contributed by atoms with Crippen LogP contribution in [-0.4, -0.2) is 23.2 Å². The van der Waals surface area contributed by atoms with Crippen molar-refractivity contribution in [2.45, 2.75) is 32.3 Å². The van der Waals surface area contributed by atoms with Crippen molar-refractivity contribution in [3.8, 4) is 5.75 Å². The van der Waals surface area contributed by atoms with Crippen LogP contribution >= 0.6 is 11.8 Å². The van der Waals surface area contributed by atoms with E-state index in [0.717, 1.165) is 37.2 Å². The van der Waals surface area contributed by atoms with Crippen LogP contribution in [0.4, 0.5) is 0 Å². The van der Waals surface area contributed by atoms with Gasteiger partial charge in [0.25, 0.3) is 0 Å². The Morgan fingerprint density at radius 2 is 2.35 bits per heavy atom. The van der Waals surface area contributed by atoms with Gasteiger partial charge in [0.05, 0.1) is 12.7 Å². The van der Waals surface area contributed by atoms with E-state index in [1.54, 1.807) is 0 Å². The van der Waals surface area contributed by atoms with Crippen LogP contribution in [-0.2, 0) is 6.42 Å². The van der Waals surface area contributed by atoms with Crippen LogP contribution < -0.4 is 4.74 Å². The molecule has 94 valence electrons. The first-order valence-electron chi connectivity index (χ1n) is 6.32. The predicted octanol–water partition coefficient (Wildman–Crippen LogP) is 3.19. The highest BCUT2D eigenvalue weighted by Gasteiger charge is 2.20. The second-order valence-corrected chi connectivity index (χ2v) is 5.71. The van der Waals surface area contributed by atoms with E-state index in [1.165, 1.54) is 17.1 Å². The third-order valence-corrected chi connectivity index (χ3v) is 4.05. The van der Waals surface area contributed by atoms with E-state index in [2.05, 4.69) is 13.0 Å². The Balaban J connectivity index is 1.82. The predicted molar refractivity (Wildman–Crippen MR) is 72.8 cm³/mol. The van der Waals surface area contributed by atoms with E-state index in [0.29, 0.717) is 0 Å². The molecule has 2 nitrogen and oxygen atoms in total. The molecule has 0 radical (unpaired) electrons. The molecule has 3 heteroatoms. The van der Waals surface area contributed by atoms with Gasteiger partial charge in [-0.2, -0.15) is 11.8 Å². The van der Waals surface area contributed by atoms with Crippen LogP contribution in [0.1, 0.15) is 37.0 Å². The second kappa shape index (κ2) is 6.31. The molecule has 0 heterocycles. The number of rotatable bonds is 6. The maximum Gasteiger partial charge on any atom is 0.119 e. The summed E-state index contributed by atoms with van der Waals surface area (Å²) in [4.78, 5) is 0. The molecule has 1 aromatic carbocycles. The van der Waals surface area contributed by atoms with Crippen molar-refractivity contribution >= 4 is 11.8 Å². The summed E-state index contributed by atoms with van der Waals surface area (Å²) in [6, 6.07) is 6.06. The smallest absolute Gasteiger partial charge is 0.119 e. The first kappa shape index (κ1) is 12.8. The normalized spacial score (nSPS) is 18.1. The maximum absolute atomic E-state index is 9.70. The van der Waals surface area contributed by atoms with Crippen molar-refractivity contribution in [3.63, 3.8) is 0 Å². The molecule has 1 aromatic rings.